The smallest absolute Gasteiger partial charge is 0.202 e. The fourth-order valence-corrected chi connectivity index (χ4v) is 1.89. The lowest BCUT2D eigenvalue weighted by Gasteiger charge is -2.26. The molecule has 0 bridgehead atoms. The fourth-order valence-electron chi connectivity index (χ4n) is 1.89. The van der Waals surface area contributed by atoms with Gasteiger partial charge in [0.2, 0.25) is 5.95 Å². The van der Waals surface area contributed by atoms with Crippen molar-refractivity contribution >= 4 is 5.95 Å². The minimum Gasteiger partial charge on any atom is -0.379 e. The van der Waals surface area contributed by atoms with Gasteiger partial charge in [-0.1, -0.05) is 0 Å². The van der Waals surface area contributed by atoms with E-state index < -0.39 is 0 Å². The Morgan fingerprint density at radius 3 is 2.94 bits per heavy atom. The SMILES string of the molecule is CCNc1nccn1CCN1CCOCC1. The van der Waals surface area contributed by atoms with Crippen LogP contribution >= 0.6 is 0 Å². The predicted octanol–water partition coefficient (Wildman–Crippen LogP) is 0.647. The number of hydrogen-bond donors (Lipinski definition) is 1. The fraction of sp³-hybridized carbons (Fsp3) is 0.727. The van der Waals surface area contributed by atoms with Crippen LogP contribution in [0.2, 0.25) is 0 Å². The van der Waals surface area contributed by atoms with E-state index in [0.717, 1.165) is 51.9 Å². The molecule has 0 atom stereocenters. The molecule has 0 amide bonds. The van der Waals surface area contributed by atoms with Gasteiger partial charge in [0.25, 0.3) is 0 Å². The minimum atomic E-state index is 0.865. The molecule has 16 heavy (non-hydrogen) atoms. The first kappa shape index (κ1) is 11.4. The number of rotatable bonds is 5. The monoisotopic (exact) mass is 224 g/mol. The van der Waals surface area contributed by atoms with Gasteiger partial charge in [0.05, 0.1) is 13.2 Å². The maximum atomic E-state index is 5.33. The predicted molar refractivity (Wildman–Crippen MR) is 63.6 cm³/mol. The third-order valence-corrected chi connectivity index (χ3v) is 2.81. The summed E-state index contributed by atoms with van der Waals surface area (Å²) in [5, 5.41) is 3.25. The zero-order valence-corrected chi connectivity index (χ0v) is 9.85. The molecule has 0 aromatic carbocycles. The lowest BCUT2D eigenvalue weighted by molar-refractivity contribution is 0.0364. The van der Waals surface area contributed by atoms with E-state index >= 15 is 0 Å². The van der Waals surface area contributed by atoms with Gasteiger partial charge >= 0.3 is 0 Å². The maximum absolute atomic E-state index is 5.33. The summed E-state index contributed by atoms with van der Waals surface area (Å²) >= 11 is 0. The van der Waals surface area contributed by atoms with Crippen LogP contribution in [0.1, 0.15) is 6.92 Å². The van der Waals surface area contributed by atoms with E-state index in [-0.39, 0.29) is 0 Å². The maximum Gasteiger partial charge on any atom is 0.202 e. The topological polar surface area (TPSA) is 42.3 Å². The van der Waals surface area contributed by atoms with Crippen molar-refractivity contribution in [2.75, 3.05) is 44.7 Å². The summed E-state index contributed by atoms with van der Waals surface area (Å²) < 4.78 is 7.49. The molecule has 0 saturated carbocycles. The average Bonchev–Trinajstić information content (AvgIpc) is 2.76. The summed E-state index contributed by atoms with van der Waals surface area (Å²) in [6, 6.07) is 0. The highest BCUT2D eigenvalue weighted by molar-refractivity contribution is 5.25. The number of morpholine rings is 1. The van der Waals surface area contributed by atoms with Crippen LogP contribution in [0, 0.1) is 0 Å². The molecule has 1 fully saturated rings. The first-order valence-corrected chi connectivity index (χ1v) is 5.95. The summed E-state index contributed by atoms with van der Waals surface area (Å²) in [5.74, 6) is 0.968. The molecule has 2 rings (SSSR count). The third-order valence-electron chi connectivity index (χ3n) is 2.81. The van der Waals surface area contributed by atoms with Crippen molar-refractivity contribution in [2.24, 2.45) is 0 Å². The van der Waals surface area contributed by atoms with Crippen molar-refractivity contribution in [3.05, 3.63) is 12.4 Å². The largest absolute Gasteiger partial charge is 0.379 e. The van der Waals surface area contributed by atoms with Crippen molar-refractivity contribution in [1.29, 1.82) is 0 Å². The van der Waals surface area contributed by atoms with E-state index in [2.05, 4.69) is 26.7 Å². The summed E-state index contributed by atoms with van der Waals surface area (Å²) in [4.78, 5) is 6.71. The molecular weight excluding hydrogens is 204 g/mol. The molecule has 5 nitrogen and oxygen atoms in total. The second-order valence-electron chi connectivity index (χ2n) is 3.93. The Labute approximate surface area is 96.4 Å². The summed E-state index contributed by atoms with van der Waals surface area (Å²) in [6.45, 7) is 8.88. The van der Waals surface area contributed by atoms with Gasteiger partial charge in [0, 0.05) is 45.1 Å². The van der Waals surface area contributed by atoms with Crippen molar-refractivity contribution in [1.82, 2.24) is 14.5 Å². The van der Waals surface area contributed by atoms with Crippen LogP contribution in [0.4, 0.5) is 5.95 Å². The molecular formula is C11H20N4O. The number of anilines is 1. The van der Waals surface area contributed by atoms with Gasteiger partial charge in [0.15, 0.2) is 0 Å². The average molecular weight is 224 g/mol. The lowest BCUT2D eigenvalue weighted by atomic mass is 10.4. The van der Waals surface area contributed by atoms with E-state index in [4.69, 9.17) is 4.74 Å². The number of hydrogen-bond acceptors (Lipinski definition) is 4. The van der Waals surface area contributed by atoms with Gasteiger partial charge in [-0.3, -0.25) is 4.90 Å². The molecule has 0 radical (unpaired) electrons. The number of ether oxygens (including phenoxy) is 1. The molecule has 1 N–H and O–H groups in total. The number of nitrogens with zero attached hydrogens (tertiary/aromatic N) is 3. The molecule has 1 aromatic heterocycles. The van der Waals surface area contributed by atoms with Gasteiger partial charge in [-0.25, -0.2) is 4.98 Å². The Morgan fingerprint density at radius 1 is 1.38 bits per heavy atom. The van der Waals surface area contributed by atoms with E-state index in [0.29, 0.717) is 0 Å². The van der Waals surface area contributed by atoms with E-state index in [1.54, 1.807) is 0 Å². The second-order valence-corrected chi connectivity index (χ2v) is 3.93. The highest BCUT2D eigenvalue weighted by Crippen LogP contribution is 2.05. The Morgan fingerprint density at radius 2 is 2.19 bits per heavy atom. The van der Waals surface area contributed by atoms with Crippen LogP contribution in [0.3, 0.4) is 0 Å². The van der Waals surface area contributed by atoms with Gasteiger partial charge in [-0.05, 0) is 6.92 Å². The lowest BCUT2D eigenvalue weighted by Crippen LogP contribution is -2.38. The molecule has 90 valence electrons. The minimum absolute atomic E-state index is 0.865. The number of imidazole rings is 1. The van der Waals surface area contributed by atoms with Crippen molar-refractivity contribution in [3.63, 3.8) is 0 Å². The first-order valence-electron chi connectivity index (χ1n) is 5.95. The highest BCUT2D eigenvalue weighted by atomic mass is 16.5. The van der Waals surface area contributed by atoms with Crippen LogP contribution in [0.5, 0.6) is 0 Å². The quantitative estimate of drug-likeness (QED) is 0.797. The molecule has 1 aliphatic rings. The van der Waals surface area contributed by atoms with E-state index in [9.17, 15) is 0 Å². The zero-order chi connectivity index (χ0) is 11.2. The highest BCUT2D eigenvalue weighted by Gasteiger charge is 2.10. The molecule has 0 spiro atoms. The standard InChI is InChI=1S/C11H20N4O/c1-2-12-11-13-3-4-15(11)6-5-14-7-9-16-10-8-14/h3-4H,2,5-10H2,1H3,(H,12,13). The molecule has 1 saturated heterocycles. The first-order chi connectivity index (χ1) is 7.90. The van der Waals surface area contributed by atoms with E-state index in [1.807, 2.05) is 12.4 Å². The second kappa shape index (κ2) is 5.86. The molecule has 0 aliphatic carbocycles. The summed E-state index contributed by atoms with van der Waals surface area (Å²) in [7, 11) is 0. The summed E-state index contributed by atoms with van der Waals surface area (Å²) in [5.41, 5.74) is 0. The Bertz CT molecular complexity index is 307. The molecule has 1 aliphatic heterocycles. The van der Waals surface area contributed by atoms with Gasteiger partial charge < -0.3 is 14.6 Å². The van der Waals surface area contributed by atoms with Crippen LogP contribution in [-0.2, 0) is 11.3 Å². The molecule has 5 heteroatoms. The van der Waals surface area contributed by atoms with Crippen LogP contribution in [-0.4, -0.2) is 53.8 Å². The van der Waals surface area contributed by atoms with E-state index in [1.165, 1.54) is 0 Å². The van der Waals surface area contributed by atoms with Crippen molar-refractivity contribution in [3.8, 4) is 0 Å². The van der Waals surface area contributed by atoms with Crippen LogP contribution < -0.4 is 5.32 Å². The van der Waals surface area contributed by atoms with Crippen molar-refractivity contribution < 1.29 is 4.74 Å². The van der Waals surface area contributed by atoms with Crippen LogP contribution in [0.25, 0.3) is 0 Å². The van der Waals surface area contributed by atoms with Crippen molar-refractivity contribution in [2.45, 2.75) is 13.5 Å². The molecule has 0 unspecified atom stereocenters. The molecule has 1 aromatic rings. The normalized spacial score (nSPS) is 17.6. The third kappa shape index (κ3) is 2.96. The Balaban J connectivity index is 1.81. The van der Waals surface area contributed by atoms with Gasteiger partial charge in [-0.15, -0.1) is 0 Å². The Hall–Kier alpha value is -1.07. The number of nitrogens with one attached hydrogen (secondary N) is 1. The Kier molecular flexibility index (Phi) is 4.18. The molecule has 2 heterocycles. The summed E-state index contributed by atoms with van der Waals surface area (Å²) in [6.07, 6.45) is 3.87. The zero-order valence-electron chi connectivity index (χ0n) is 9.85. The van der Waals surface area contributed by atoms with Gasteiger partial charge in [-0.2, -0.15) is 0 Å². The van der Waals surface area contributed by atoms with Crippen LogP contribution in [0.15, 0.2) is 12.4 Å². The number of aromatic nitrogens is 2. The van der Waals surface area contributed by atoms with Gasteiger partial charge in [0.1, 0.15) is 0 Å².